The zero-order valence-electron chi connectivity index (χ0n) is 13.1. The van der Waals surface area contributed by atoms with E-state index in [0.717, 1.165) is 29.9 Å². The Kier molecular flexibility index (Phi) is 3.66. The topological polar surface area (TPSA) is 51.8 Å². The van der Waals surface area contributed by atoms with Crippen LogP contribution in [0.1, 0.15) is 66.7 Å². The number of rotatable bonds is 2. The lowest BCUT2D eigenvalue weighted by atomic mass is 9.82. The Bertz CT molecular complexity index is 638. The maximum atomic E-state index is 6.20. The van der Waals surface area contributed by atoms with Gasteiger partial charge in [-0.05, 0) is 43.2 Å². The molecule has 0 saturated carbocycles. The SMILES string of the molecule is Cc1nc(C2CCCc3ccccc32)nc(N)c1C(C)C. The molecule has 0 saturated heterocycles. The second kappa shape index (κ2) is 5.47. The first-order chi connectivity index (χ1) is 10.1. The zero-order valence-corrected chi connectivity index (χ0v) is 13.1. The van der Waals surface area contributed by atoms with Crippen molar-refractivity contribution in [2.24, 2.45) is 0 Å². The molecular formula is C18H23N3. The zero-order chi connectivity index (χ0) is 15.0. The minimum absolute atomic E-state index is 0.289. The van der Waals surface area contributed by atoms with Crippen LogP contribution < -0.4 is 5.73 Å². The van der Waals surface area contributed by atoms with E-state index in [9.17, 15) is 0 Å². The van der Waals surface area contributed by atoms with Gasteiger partial charge in [-0.2, -0.15) is 0 Å². The molecule has 1 aromatic carbocycles. The molecule has 2 N–H and O–H groups in total. The number of nitrogens with zero attached hydrogens (tertiary/aromatic N) is 2. The molecule has 1 unspecified atom stereocenters. The highest BCUT2D eigenvalue weighted by Crippen LogP contribution is 2.36. The van der Waals surface area contributed by atoms with Crippen LogP contribution in [0, 0.1) is 6.92 Å². The average molecular weight is 281 g/mol. The Morgan fingerprint density at radius 3 is 2.67 bits per heavy atom. The third-order valence-electron chi connectivity index (χ3n) is 4.44. The van der Waals surface area contributed by atoms with Gasteiger partial charge < -0.3 is 5.73 Å². The minimum atomic E-state index is 0.289. The maximum Gasteiger partial charge on any atom is 0.138 e. The molecule has 0 aliphatic heterocycles. The summed E-state index contributed by atoms with van der Waals surface area (Å²) in [5.41, 5.74) is 11.1. The maximum absolute atomic E-state index is 6.20. The molecule has 21 heavy (non-hydrogen) atoms. The number of nitrogens with two attached hydrogens (primary N) is 1. The summed E-state index contributed by atoms with van der Waals surface area (Å²) >= 11 is 0. The highest BCUT2D eigenvalue weighted by Gasteiger charge is 2.25. The lowest BCUT2D eigenvalue weighted by Crippen LogP contribution is -2.16. The third-order valence-corrected chi connectivity index (χ3v) is 4.44. The predicted octanol–water partition coefficient (Wildman–Crippen LogP) is 3.96. The van der Waals surface area contributed by atoms with Gasteiger partial charge in [0, 0.05) is 17.2 Å². The van der Waals surface area contributed by atoms with Gasteiger partial charge in [-0.3, -0.25) is 0 Å². The van der Waals surface area contributed by atoms with Crippen LogP contribution in [0.3, 0.4) is 0 Å². The normalized spacial score (nSPS) is 17.8. The highest BCUT2D eigenvalue weighted by molar-refractivity contribution is 5.46. The Hall–Kier alpha value is -1.90. The van der Waals surface area contributed by atoms with Gasteiger partial charge in [0.1, 0.15) is 11.6 Å². The minimum Gasteiger partial charge on any atom is -0.383 e. The molecular weight excluding hydrogens is 258 g/mol. The van der Waals surface area contributed by atoms with Gasteiger partial charge in [0.2, 0.25) is 0 Å². The molecule has 0 radical (unpaired) electrons. The van der Waals surface area contributed by atoms with Crippen molar-refractivity contribution >= 4 is 5.82 Å². The Balaban J connectivity index is 2.07. The van der Waals surface area contributed by atoms with Crippen molar-refractivity contribution in [1.29, 1.82) is 0 Å². The van der Waals surface area contributed by atoms with Crippen LogP contribution in [0.2, 0.25) is 0 Å². The summed E-state index contributed by atoms with van der Waals surface area (Å²) in [7, 11) is 0. The summed E-state index contributed by atoms with van der Waals surface area (Å²) in [5, 5.41) is 0. The fourth-order valence-electron chi connectivity index (χ4n) is 3.52. The number of fused-ring (bicyclic) bond motifs is 1. The van der Waals surface area contributed by atoms with Gasteiger partial charge in [0.05, 0.1) is 0 Å². The Morgan fingerprint density at radius 2 is 1.95 bits per heavy atom. The molecule has 0 fully saturated rings. The smallest absolute Gasteiger partial charge is 0.138 e. The quantitative estimate of drug-likeness (QED) is 0.906. The number of anilines is 1. The number of hydrogen-bond acceptors (Lipinski definition) is 3. The van der Waals surface area contributed by atoms with Gasteiger partial charge >= 0.3 is 0 Å². The van der Waals surface area contributed by atoms with E-state index in [2.05, 4.69) is 43.1 Å². The number of aryl methyl sites for hydroxylation is 2. The third kappa shape index (κ3) is 2.53. The van der Waals surface area contributed by atoms with Crippen molar-refractivity contribution in [3.8, 4) is 0 Å². The molecule has 1 aliphatic carbocycles. The molecule has 0 spiro atoms. The number of benzene rings is 1. The van der Waals surface area contributed by atoms with Crippen LogP contribution in [-0.4, -0.2) is 9.97 Å². The summed E-state index contributed by atoms with van der Waals surface area (Å²) in [4.78, 5) is 9.43. The van der Waals surface area contributed by atoms with Crippen molar-refractivity contribution in [3.05, 3.63) is 52.5 Å². The molecule has 3 rings (SSSR count). The summed E-state index contributed by atoms with van der Waals surface area (Å²) in [5.74, 6) is 2.19. The number of aromatic nitrogens is 2. The summed E-state index contributed by atoms with van der Waals surface area (Å²) in [6.45, 7) is 6.32. The number of nitrogen functional groups attached to an aromatic ring is 1. The van der Waals surface area contributed by atoms with E-state index in [1.165, 1.54) is 17.5 Å². The Labute approximate surface area is 126 Å². The van der Waals surface area contributed by atoms with Gasteiger partial charge in [0.15, 0.2) is 0 Å². The Morgan fingerprint density at radius 1 is 1.19 bits per heavy atom. The van der Waals surface area contributed by atoms with Gasteiger partial charge in [0.25, 0.3) is 0 Å². The van der Waals surface area contributed by atoms with E-state index in [1.807, 2.05) is 6.92 Å². The molecule has 1 heterocycles. The molecule has 110 valence electrons. The lowest BCUT2D eigenvalue weighted by molar-refractivity contribution is 0.587. The van der Waals surface area contributed by atoms with Gasteiger partial charge in [-0.25, -0.2) is 9.97 Å². The summed E-state index contributed by atoms with van der Waals surface area (Å²) in [6, 6.07) is 8.66. The highest BCUT2D eigenvalue weighted by atomic mass is 15.0. The molecule has 2 aromatic rings. The van der Waals surface area contributed by atoms with Crippen molar-refractivity contribution in [2.45, 2.75) is 51.9 Å². The van der Waals surface area contributed by atoms with Crippen molar-refractivity contribution in [1.82, 2.24) is 9.97 Å². The summed E-state index contributed by atoms with van der Waals surface area (Å²) < 4.78 is 0. The number of hydrogen-bond donors (Lipinski definition) is 1. The van der Waals surface area contributed by atoms with Crippen molar-refractivity contribution in [2.75, 3.05) is 5.73 Å². The molecule has 1 atom stereocenters. The molecule has 1 aromatic heterocycles. The van der Waals surface area contributed by atoms with Gasteiger partial charge in [-0.15, -0.1) is 0 Å². The van der Waals surface area contributed by atoms with Crippen LogP contribution in [0.25, 0.3) is 0 Å². The van der Waals surface area contributed by atoms with E-state index >= 15 is 0 Å². The summed E-state index contributed by atoms with van der Waals surface area (Å²) in [6.07, 6.45) is 3.46. The first kappa shape index (κ1) is 14.1. The van der Waals surface area contributed by atoms with Crippen LogP contribution >= 0.6 is 0 Å². The lowest BCUT2D eigenvalue weighted by Gasteiger charge is -2.25. The average Bonchev–Trinajstić information content (AvgIpc) is 2.45. The molecule has 0 bridgehead atoms. The molecule has 3 nitrogen and oxygen atoms in total. The largest absolute Gasteiger partial charge is 0.383 e. The first-order valence-electron chi connectivity index (χ1n) is 7.79. The van der Waals surface area contributed by atoms with Crippen LogP contribution in [0.5, 0.6) is 0 Å². The second-order valence-electron chi connectivity index (χ2n) is 6.26. The van der Waals surface area contributed by atoms with E-state index in [0.29, 0.717) is 11.7 Å². The first-order valence-corrected chi connectivity index (χ1v) is 7.79. The molecule has 0 amide bonds. The second-order valence-corrected chi connectivity index (χ2v) is 6.26. The van der Waals surface area contributed by atoms with Crippen LogP contribution in [0.15, 0.2) is 24.3 Å². The predicted molar refractivity (Wildman–Crippen MR) is 86.5 cm³/mol. The standard InChI is InChI=1S/C18H23N3/c1-11(2)16-12(3)20-18(21-17(16)19)15-10-6-8-13-7-4-5-9-14(13)15/h4-5,7,9,11,15H,6,8,10H2,1-3H3,(H2,19,20,21). The van der Waals surface area contributed by atoms with Gasteiger partial charge in [-0.1, -0.05) is 38.1 Å². The van der Waals surface area contributed by atoms with E-state index in [-0.39, 0.29) is 5.92 Å². The fourth-order valence-corrected chi connectivity index (χ4v) is 3.52. The molecule has 3 heteroatoms. The van der Waals surface area contributed by atoms with Crippen molar-refractivity contribution < 1.29 is 0 Å². The van der Waals surface area contributed by atoms with Crippen LogP contribution in [0.4, 0.5) is 5.82 Å². The van der Waals surface area contributed by atoms with E-state index in [4.69, 9.17) is 10.7 Å². The fraction of sp³-hybridized carbons (Fsp3) is 0.444. The van der Waals surface area contributed by atoms with Crippen LogP contribution in [-0.2, 0) is 6.42 Å². The molecule has 1 aliphatic rings. The van der Waals surface area contributed by atoms with Crippen molar-refractivity contribution in [3.63, 3.8) is 0 Å². The van der Waals surface area contributed by atoms with E-state index < -0.39 is 0 Å². The monoisotopic (exact) mass is 281 g/mol. The van der Waals surface area contributed by atoms with E-state index in [1.54, 1.807) is 0 Å².